The highest BCUT2D eigenvalue weighted by Crippen LogP contribution is 2.35. The van der Waals surface area contributed by atoms with Crippen LogP contribution in [0.25, 0.3) is 0 Å². The molecular weight excluding hydrogens is 386 g/mol. The third-order valence-corrected chi connectivity index (χ3v) is 5.47. The van der Waals surface area contributed by atoms with E-state index in [-0.39, 0.29) is 31.8 Å². The van der Waals surface area contributed by atoms with Crippen molar-refractivity contribution >= 4 is 5.78 Å². The number of nitrogens with zero attached hydrogens (tertiary/aromatic N) is 1. The maximum absolute atomic E-state index is 11.9. The number of carbonyl (C=O) groups is 1. The summed E-state index contributed by atoms with van der Waals surface area (Å²) >= 11 is 0. The molecule has 160 valence electrons. The molecule has 0 saturated heterocycles. The van der Waals surface area contributed by atoms with E-state index in [4.69, 9.17) is 9.47 Å². The van der Waals surface area contributed by atoms with Gasteiger partial charge in [-0.05, 0) is 18.1 Å². The summed E-state index contributed by atoms with van der Waals surface area (Å²) in [6.45, 7) is 1.86. The summed E-state index contributed by atoms with van der Waals surface area (Å²) < 4.78 is 12.1. The van der Waals surface area contributed by atoms with Crippen molar-refractivity contribution in [3.63, 3.8) is 0 Å². The number of aliphatic hydroxyl groups is 1. The first kappa shape index (κ1) is 22.1. The molecule has 0 aromatic heterocycles. The van der Waals surface area contributed by atoms with Crippen LogP contribution in [0, 0.1) is 16.0 Å². The topological polar surface area (TPSA) is 98.9 Å². The second-order valence-corrected chi connectivity index (χ2v) is 7.75. The largest absolute Gasteiger partial charge is 0.390 e. The molecule has 2 aromatic rings. The Balaban J connectivity index is 1.83. The minimum atomic E-state index is -1.07. The third-order valence-electron chi connectivity index (χ3n) is 5.47. The van der Waals surface area contributed by atoms with E-state index in [2.05, 4.69) is 0 Å². The van der Waals surface area contributed by atoms with Crippen LogP contribution in [0.3, 0.4) is 0 Å². The minimum absolute atomic E-state index is 0.00300. The fourth-order valence-electron chi connectivity index (χ4n) is 4.02. The van der Waals surface area contributed by atoms with Gasteiger partial charge in [0.05, 0.1) is 31.3 Å². The Labute approximate surface area is 175 Å². The summed E-state index contributed by atoms with van der Waals surface area (Å²) in [7, 11) is 0. The number of nitro groups is 1. The van der Waals surface area contributed by atoms with E-state index in [1.54, 1.807) is 0 Å². The molecule has 5 atom stereocenters. The molecule has 2 aromatic carbocycles. The fourth-order valence-corrected chi connectivity index (χ4v) is 4.02. The Kier molecular flexibility index (Phi) is 7.68. The lowest BCUT2D eigenvalue weighted by molar-refractivity contribution is -0.543. The van der Waals surface area contributed by atoms with E-state index >= 15 is 0 Å². The summed E-state index contributed by atoms with van der Waals surface area (Å²) in [6, 6.07) is 17.9. The lowest BCUT2D eigenvalue weighted by Crippen LogP contribution is -2.57. The predicted octanol–water partition coefficient (Wildman–Crippen LogP) is 3.16. The number of ketones is 1. The van der Waals surface area contributed by atoms with Gasteiger partial charge in [-0.15, -0.1) is 0 Å². The summed E-state index contributed by atoms with van der Waals surface area (Å²) in [6.07, 6.45) is -2.68. The number of hydrogen-bond acceptors (Lipinski definition) is 6. The van der Waals surface area contributed by atoms with Crippen molar-refractivity contribution in [1.82, 2.24) is 0 Å². The number of aliphatic hydroxyl groups excluding tert-OH is 1. The van der Waals surface area contributed by atoms with Crippen molar-refractivity contribution in [3.05, 3.63) is 81.9 Å². The van der Waals surface area contributed by atoms with Crippen LogP contribution < -0.4 is 0 Å². The van der Waals surface area contributed by atoms with Crippen LogP contribution >= 0.6 is 0 Å². The van der Waals surface area contributed by atoms with Crippen molar-refractivity contribution in [3.8, 4) is 0 Å². The first-order valence-electron chi connectivity index (χ1n) is 10.1. The molecule has 0 bridgehead atoms. The Bertz CT molecular complexity index is 828. The first-order valence-corrected chi connectivity index (χ1v) is 10.1. The van der Waals surface area contributed by atoms with Crippen LogP contribution in [0.5, 0.6) is 0 Å². The van der Waals surface area contributed by atoms with Crippen LogP contribution in [0.15, 0.2) is 60.7 Å². The SMILES string of the molecule is CC(=O)C[C@H]1[C@H](OCc2ccccc2)[C@H](OCc2ccccc2)[C@H](O)C[C@H]1[N+](=O)[O-]. The van der Waals surface area contributed by atoms with Gasteiger partial charge in [0.25, 0.3) is 0 Å². The third kappa shape index (κ3) is 5.72. The molecule has 1 N–H and O–H groups in total. The number of benzene rings is 2. The number of Topliss-reactive ketones (excluding diaryl/α,β-unsaturated/α-hetero) is 1. The first-order chi connectivity index (χ1) is 14.5. The zero-order valence-electron chi connectivity index (χ0n) is 16.9. The van der Waals surface area contributed by atoms with Gasteiger partial charge in [-0.2, -0.15) is 0 Å². The van der Waals surface area contributed by atoms with Gasteiger partial charge >= 0.3 is 0 Å². The Morgan fingerprint density at radius 1 is 1.00 bits per heavy atom. The maximum Gasteiger partial charge on any atom is 0.221 e. The highest BCUT2D eigenvalue weighted by molar-refractivity contribution is 5.75. The van der Waals surface area contributed by atoms with Gasteiger partial charge in [0, 0.05) is 17.8 Å². The van der Waals surface area contributed by atoms with Gasteiger partial charge in [-0.25, -0.2) is 0 Å². The van der Waals surface area contributed by atoms with Crippen LogP contribution in [-0.4, -0.2) is 40.2 Å². The molecule has 0 heterocycles. The second-order valence-electron chi connectivity index (χ2n) is 7.75. The van der Waals surface area contributed by atoms with E-state index in [9.17, 15) is 20.0 Å². The zero-order chi connectivity index (χ0) is 21.5. The quantitative estimate of drug-likeness (QED) is 0.501. The summed E-state index contributed by atoms with van der Waals surface area (Å²) in [4.78, 5) is 23.2. The van der Waals surface area contributed by atoms with E-state index in [0.29, 0.717) is 0 Å². The van der Waals surface area contributed by atoms with Crippen LogP contribution in [-0.2, 0) is 27.5 Å². The van der Waals surface area contributed by atoms with Crippen molar-refractivity contribution in [1.29, 1.82) is 0 Å². The van der Waals surface area contributed by atoms with Crippen molar-refractivity contribution < 1.29 is 24.3 Å². The normalized spacial score (nSPS) is 26.3. The smallest absolute Gasteiger partial charge is 0.221 e. The highest BCUT2D eigenvalue weighted by atomic mass is 16.6. The monoisotopic (exact) mass is 413 g/mol. The fraction of sp³-hybridized carbons (Fsp3) is 0.435. The molecule has 0 amide bonds. The van der Waals surface area contributed by atoms with Gasteiger partial charge in [-0.1, -0.05) is 60.7 Å². The number of rotatable bonds is 9. The van der Waals surface area contributed by atoms with Gasteiger partial charge in [-0.3, -0.25) is 10.1 Å². The Morgan fingerprint density at radius 2 is 1.50 bits per heavy atom. The molecule has 0 aliphatic heterocycles. The summed E-state index contributed by atoms with van der Waals surface area (Å²) in [5, 5.41) is 22.4. The van der Waals surface area contributed by atoms with Crippen LogP contribution in [0.2, 0.25) is 0 Å². The number of ether oxygens (including phenoxy) is 2. The standard InChI is InChI=1S/C23H27NO6/c1-16(25)12-19-20(24(27)28)13-21(26)23(30-15-18-10-6-3-7-11-18)22(19)29-14-17-8-4-2-5-9-17/h2-11,19-23,26H,12-15H2,1H3/t19-,20-,21-,22+,23-/m1/s1. The maximum atomic E-state index is 11.9. The zero-order valence-corrected chi connectivity index (χ0v) is 16.9. The molecule has 0 spiro atoms. The van der Waals surface area contributed by atoms with Crippen molar-refractivity contribution in [2.75, 3.05) is 0 Å². The van der Waals surface area contributed by atoms with Crippen molar-refractivity contribution in [2.24, 2.45) is 5.92 Å². The lowest BCUT2D eigenvalue weighted by Gasteiger charge is -2.41. The molecule has 0 unspecified atom stereocenters. The van der Waals surface area contributed by atoms with E-state index in [0.717, 1.165) is 11.1 Å². The van der Waals surface area contributed by atoms with Crippen LogP contribution in [0.4, 0.5) is 0 Å². The molecule has 3 rings (SSSR count). The molecule has 7 heteroatoms. The van der Waals surface area contributed by atoms with E-state index in [1.165, 1.54) is 6.92 Å². The molecule has 1 aliphatic rings. The van der Waals surface area contributed by atoms with Crippen molar-refractivity contribution in [2.45, 2.75) is 57.3 Å². The van der Waals surface area contributed by atoms with Gasteiger partial charge in [0.1, 0.15) is 11.9 Å². The average molecular weight is 413 g/mol. The second kappa shape index (κ2) is 10.4. The highest BCUT2D eigenvalue weighted by Gasteiger charge is 2.51. The predicted molar refractivity (Wildman–Crippen MR) is 110 cm³/mol. The lowest BCUT2D eigenvalue weighted by atomic mass is 9.76. The number of hydrogen-bond donors (Lipinski definition) is 1. The molecule has 30 heavy (non-hydrogen) atoms. The van der Waals surface area contributed by atoms with Crippen LogP contribution in [0.1, 0.15) is 30.9 Å². The Morgan fingerprint density at radius 3 is 1.97 bits per heavy atom. The van der Waals surface area contributed by atoms with E-state index in [1.807, 2.05) is 60.7 Å². The molecule has 1 aliphatic carbocycles. The number of carbonyl (C=O) groups excluding carboxylic acids is 1. The molecule has 1 saturated carbocycles. The summed E-state index contributed by atoms with van der Waals surface area (Å²) in [5.74, 6) is -0.830. The molecule has 7 nitrogen and oxygen atoms in total. The molecular formula is C23H27NO6. The Hall–Kier alpha value is -2.61. The van der Waals surface area contributed by atoms with Gasteiger partial charge in [0.15, 0.2) is 0 Å². The molecule has 0 radical (unpaired) electrons. The van der Waals surface area contributed by atoms with E-state index < -0.39 is 35.2 Å². The minimum Gasteiger partial charge on any atom is -0.390 e. The summed E-state index contributed by atoms with van der Waals surface area (Å²) in [5.41, 5.74) is 1.82. The molecule has 1 fully saturated rings. The van der Waals surface area contributed by atoms with Gasteiger partial charge < -0.3 is 19.4 Å². The average Bonchev–Trinajstić information content (AvgIpc) is 2.73. The van der Waals surface area contributed by atoms with Gasteiger partial charge in [0.2, 0.25) is 6.04 Å².